The van der Waals surface area contributed by atoms with Gasteiger partial charge in [0.25, 0.3) is 0 Å². The van der Waals surface area contributed by atoms with Crippen molar-refractivity contribution in [3.8, 4) is 0 Å². The van der Waals surface area contributed by atoms with Gasteiger partial charge < -0.3 is 15.4 Å². The molecule has 0 aromatic heterocycles. The molecule has 0 aliphatic carbocycles. The molecule has 0 saturated carbocycles. The minimum atomic E-state index is -0.584. The van der Waals surface area contributed by atoms with Gasteiger partial charge in [0.15, 0.2) is 0 Å². The number of ether oxygens (including phenoxy) is 1. The number of carbonyl (C=O) groups is 3. The number of hydrogen-bond acceptors (Lipinski definition) is 4. The quantitative estimate of drug-likeness (QED) is 0.766. The van der Waals surface area contributed by atoms with Crippen LogP contribution in [0, 0.1) is 5.92 Å². The van der Waals surface area contributed by atoms with E-state index < -0.39 is 6.09 Å². The van der Waals surface area contributed by atoms with Crippen LogP contribution in [-0.4, -0.2) is 31.6 Å². The fraction of sp³-hybridized carbons (Fsp3) is 0.308. The van der Waals surface area contributed by atoms with Crippen LogP contribution < -0.4 is 16.0 Å². The van der Waals surface area contributed by atoms with E-state index in [4.69, 9.17) is 0 Å². The molecule has 1 aliphatic heterocycles. The lowest BCUT2D eigenvalue weighted by atomic mass is 10.1. The van der Waals surface area contributed by atoms with Crippen LogP contribution in [0.3, 0.4) is 0 Å². The number of carbonyl (C=O) groups excluding carboxylic acids is 3. The van der Waals surface area contributed by atoms with Crippen molar-refractivity contribution in [2.45, 2.75) is 6.42 Å². The fourth-order valence-corrected chi connectivity index (χ4v) is 1.88. The first-order valence-electron chi connectivity index (χ1n) is 6.11. The molecule has 1 aromatic carbocycles. The molecule has 1 aliphatic rings. The normalized spacial score (nSPS) is 17.2. The Labute approximate surface area is 115 Å². The average Bonchev–Trinajstić information content (AvgIpc) is 2.86. The number of anilines is 2. The fourth-order valence-electron chi connectivity index (χ4n) is 1.88. The highest BCUT2D eigenvalue weighted by Crippen LogP contribution is 2.17. The molecule has 1 aromatic rings. The maximum atomic E-state index is 11.9. The lowest BCUT2D eigenvalue weighted by Crippen LogP contribution is -2.24. The molecule has 7 heteroatoms. The summed E-state index contributed by atoms with van der Waals surface area (Å²) in [7, 11) is 1.27. The highest BCUT2D eigenvalue weighted by atomic mass is 16.5. The average molecular weight is 277 g/mol. The predicted molar refractivity (Wildman–Crippen MR) is 72.2 cm³/mol. The topological polar surface area (TPSA) is 96.5 Å². The third kappa shape index (κ3) is 3.47. The Morgan fingerprint density at radius 2 is 2.00 bits per heavy atom. The second-order valence-corrected chi connectivity index (χ2v) is 4.39. The van der Waals surface area contributed by atoms with Crippen molar-refractivity contribution in [2.75, 3.05) is 24.3 Å². The van der Waals surface area contributed by atoms with Gasteiger partial charge >= 0.3 is 6.09 Å². The molecule has 1 fully saturated rings. The first kappa shape index (κ1) is 13.9. The maximum absolute atomic E-state index is 11.9. The second kappa shape index (κ2) is 6.05. The predicted octanol–water partition coefficient (Wildman–Crippen LogP) is 0.939. The van der Waals surface area contributed by atoms with Gasteiger partial charge in [0.2, 0.25) is 11.8 Å². The van der Waals surface area contributed by atoms with E-state index in [2.05, 4.69) is 20.7 Å². The summed E-state index contributed by atoms with van der Waals surface area (Å²) >= 11 is 0. The Morgan fingerprint density at radius 3 is 2.60 bits per heavy atom. The van der Waals surface area contributed by atoms with Gasteiger partial charge in [-0.25, -0.2) is 4.79 Å². The van der Waals surface area contributed by atoms with Gasteiger partial charge in [0.05, 0.1) is 13.0 Å². The van der Waals surface area contributed by atoms with Crippen LogP contribution in [0.2, 0.25) is 0 Å². The van der Waals surface area contributed by atoms with Crippen molar-refractivity contribution in [3.05, 3.63) is 24.3 Å². The van der Waals surface area contributed by atoms with E-state index in [1.807, 2.05) is 0 Å². The molecule has 2 rings (SSSR count). The number of amides is 3. The van der Waals surface area contributed by atoms with Crippen LogP contribution in [-0.2, 0) is 14.3 Å². The van der Waals surface area contributed by atoms with Crippen molar-refractivity contribution < 1.29 is 19.1 Å². The number of hydrogen-bond donors (Lipinski definition) is 3. The zero-order valence-corrected chi connectivity index (χ0v) is 10.9. The molecule has 106 valence electrons. The van der Waals surface area contributed by atoms with Crippen LogP contribution in [0.4, 0.5) is 16.2 Å². The van der Waals surface area contributed by atoms with E-state index in [9.17, 15) is 14.4 Å². The van der Waals surface area contributed by atoms with Crippen LogP contribution in [0.15, 0.2) is 24.3 Å². The van der Waals surface area contributed by atoms with Crippen LogP contribution in [0.1, 0.15) is 6.42 Å². The first-order valence-corrected chi connectivity index (χ1v) is 6.11. The Kier molecular flexibility index (Phi) is 4.19. The van der Waals surface area contributed by atoms with E-state index in [0.717, 1.165) is 0 Å². The van der Waals surface area contributed by atoms with E-state index in [-0.39, 0.29) is 24.2 Å². The largest absolute Gasteiger partial charge is 0.453 e. The minimum Gasteiger partial charge on any atom is -0.453 e. The molecular weight excluding hydrogens is 262 g/mol. The van der Waals surface area contributed by atoms with Gasteiger partial charge in [-0.15, -0.1) is 0 Å². The smallest absolute Gasteiger partial charge is 0.411 e. The third-order valence-electron chi connectivity index (χ3n) is 2.91. The third-order valence-corrected chi connectivity index (χ3v) is 2.91. The summed E-state index contributed by atoms with van der Waals surface area (Å²) in [6, 6.07) is 6.68. The summed E-state index contributed by atoms with van der Waals surface area (Å²) in [5.41, 5.74) is 1.05. The summed E-state index contributed by atoms with van der Waals surface area (Å²) in [5, 5.41) is 7.82. The summed E-state index contributed by atoms with van der Waals surface area (Å²) in [4.78, 5) is 34.1. The Morgan fingerprint density at radius 1 is 1.30 bits per heavy atom. The molecule has 0 radical (unpaired) electrons. The lowest BCUT2D eigenvalue weighted by Gasteiger charge is -2.10. The van der Waals surface area contributed by atoms with Crippen molar-refractivity contribution >= 4 is 29.3 Å². The molecule has 1 heterocycles. The number of nitrogens with one attached hydrogen (secondary N) is 3. The second-order valence-electron chi connectivity index (χ2n) is 4.39. The molecule has 0 bridgehead atoms. The summed E-state index contributed by atoms with van der Waals surface area (Å²) in [5.74, 6) is -0.704. The molecular formula is C13H15N3O4. The van der Waals surface area contributed by atoms with Gasteiger partial charge in [-0.3, -0.25) is 14.9 Å². The zero-order valence-electron chi connectivity index (χ0n) is 10.9. The van der Waals surface area contributed by atoms with Gasteiger partial charge in [-0.05, 0) is 18.2 Å². The highest BCUT2D eigenvalue weighted by Gasteiger charge is 2.27. The van der Waals surface area contributed by atoms with Gasteiger partial charge in [0, 0.05) is 24.3 Å². The Hall–Kier alpha value is -2.57. The zero-order chi connectivity index (χ0) is 14.5. The molecule has 7 nitrogen and oxygen atoms in total. The van der Waals surface area contributed by atoms with Crippen molar-refractivity contribution in [1.82, 2.24) is 5.32 Å². The van der Waals surface area contributed by atoms with Gasteiger partial charge in [-0.2, -0.15) is 0 Å². The number of methoxy groups -OCH3 is 1. The standard InChI is InChI=1S/C13H15N3O4/c1-20-13(19)16-10-4-2-3-9(6-10)15-12(18)8-5-11(17)14-7-8/h2-4,6,8H,5,7H2,1H3,(H,14,17)(H,15,18)(H,16,19). The molecule has 3 N–H and O–H groups in total. The molecule has 1 unspecified atom stereocenters. The van der Waals surface area contributed by atoms with Crippen molar-refractivity contribution in [3.63, 3.8) is 0 Å². The van der Waals surface area contributed by atoms with E-state index in [1.165, 1.54) is 7.11 Å². The Balaban J connectivity index is 1.98. The lowest BCUT2D eigenvalue weighted by molar-refractivity contribution is -0.123. The SMILES string of the molecule is COC(=O)Nc1cccc(NC(=O)C2CNC(=O)C2)c1. The molecule has 1 atom stereocenters. The van der Waals surface area contributed by atoms with Crippen LogP contribution in [0.25, 0.3) is 0 Å². The highest BCUT2D eigenvalue weighted by molar-refractivity contribution is 5.97. The van der Waals surface area contributed by atoms with Crippen LogP contribution >= 0.6 is 0 Å². The molecule has 1 saturated heterocycles. The monoisotopic (exact) mass is 277 g/mol. The summed E-state index contributed by atoms with van der Waals surface area (Å²) in [6.07, 6.45) is -0.384. The number of rotatable bonds is 3. The Bertz CT molecular complexity index is 544. The van der Waals surface area contributed by atoms with E-state index >= 15 is 0 Å². The summed E-state index contributed by atoms with van der Waals surface area (Å²) < 4.78 is 4.49. The van der Waals surface area contributed by atoms with Crippen molar-refractivity contribution in [1.29, 1.82) is 0 Å². The number of benzene rings is 1. The maximum Gasteiger partial charge on any atom is 0.411 e. The minimum absolute atomic E-state index is 0.119. The molecule has 20 heavy (non-hydrogen) atoms. The first-order chi connectivity index (χ1) is 9.58. The molecule has 0 spiro atoms. The summed E-state index contributed by atoms with van der Waals surface area (Å²) in [6.45, 7) is 0.352. The van der Waals surface area contributed by atoms with Gasteiger partial charge in [0.1, 0.15) is 0 Å². The van der Waals surface area contributed by atoms with E-state index in [0.29, 0.717) is 17.9 Å². The van der Waals surface area contributed by atoms with Crippen LogP contribution in [0.5, 0.6) is 0 Å². The molecule has 3 amide bonds. The van der Waals surface area contributed by atoms with E-state index in [1.54, 1.807) is 24.3 Å². The van der Waals surface area contributed by atoms with Crippen molar-refractivity contribution in [2.24, 2.45) is 5.92 Å². The van der Waals surface area contributed by atoms with Gasteiger partial charge in [-0.1, -0.05) is 6.07 Å².